The fourth-order valence-electron chi connectivity index (χ4n) is 2.31. The molecule has 0 amide bonds. The fourth-order valence-corrected chi connectivity index (χ4v) is 2.92. The smallest absolute Gasteiger partial charge is 0.348 e. The molecule has 5 heteroatoms. The number of hydrogen-bond acceptors (Lipinski definition) is 4. The predicted octanol–water partition coefficient (Wildman–Crippen LogP) is 3.58. The minimum absolute atomic E-state index is 0.199. The molecule has 0 aliphatic heterocycles. The van der Waals surface area contributed by atoms with Gasteiger partial charge in [0.05, 0.1) is 0 Å². The van der Waals surface area contributed by atoms with Gasteiger partial charge in [-0.25, -0.2) is 4.79 Å². The first-order chi connectivity index (χ1) is 10.2. The number of ether oxygens (including phenoxy) is 1. The standard InChI is InChI=1S/C16H13NO3S/c1-10-15(11-5-2-3-6-12(11)17-10)13(18)9-20-16(19)14-7-4-8-21-14/h2-8,17H,9H2,1H3. The normalized spacial score (nSPS) is 10.7. The Balaban J connectivity index is 1.78. The van der Waals surface area contributed by atoms with Crippen molar-refractivity contribution in [2.45, 2.75) is 6.92 Å². The molecule has 0 aliphatic rings. The van der Waals surface area contributed by atoms with Crippen LogP contribution in [0.5, 0.6) is 0 Å². The minimum Gasteiger partial charge on any atom is -0.453 e. The van der Waals surface area contributed by atoms with Gasteiger partial charge in [0.15, 0.2) is 6.61 Å². The third kappa shape index (κ3) is 2.60. The SMILES string of the molecule is Cc1[nH]c2ccccc2c1C(=O)COC(=O)c1cccs1. The molecule has 21 heavy (non-hydrogen) atoms. The molecule has 0 spiro atoms. The average molecular weight is 299 g/mol. The zero-order valence-corrected chi connectivity index (χ0v) is 12.2. The first kappa shape index (κ1) is 13.6. The van der Waals surface area contributed by atoms with Crippen LogP contribution in [-0.4, -0.2) is 23.3 Å². The molecular formula is C16H13NO3S. The quantitative estimate of drug-likeness (QED) is 0.591. The van der Waals surface area contributed by atoms with Crippen molar-refractivity contribution in [1.82, 2.24) is 4.98 Å². The van der Waals surface area contributed by atoms with E-state index in [0.29, 0.717) is 10.4 Å². The number of fused-ring (bicyclic) bond motifs is 1. The first-order valence-electron chi connectivity index (χ1n) is 6.48. The summed E-state index contributed by atoms with van der Waals surface area (Å²) in [4.78, 5) is 27.7. The van der Waals surface area contributed by atoms with E-state index in [1.54, 1.807) is 17.5 Å². The van der Waals surface area contributed by atoms with Crippen molar-refractivity contribution in [2.24, 2.45) is 0 Å². The third-order valence-electron chi connectivity index (χ3n) is 3.23. The van der Waals surface area contributed by atoms with Gasteiger partial charge < -0.3 is 9.72 Å². The lowest BCUT2D eigenvalue weighted by Crippen LogP contribution is -2.14. The zero-order chi connectivity index (χ0) is 14.8. The number of aryl methyl sites for hydroxylation is 1. The van der Waals surface area contributed by atoms with Crippen LogP contribution in [0.1, 0.15) is 25.7 Å². The molecule has 3 rings (SSSR count). The van der Waals surface area contributed by atoms with Gasteiger partial charge >= 0.3 is 5.97 Å². The number of carbonyl (C=O) groups excluding carboxylic acids is 2. The number of H-pyrrole nitrogens is 1. The van der Waals surface area contributed by atoms with Crippen LogP contribution in [0.3, 0.4) is 0 Å². The summed E-state index contributed by atoms with van der Waals surface area (Å²) in [5, 5.41) is 2.65. The first-order valence-corrected chi connectivity index (χ1v) is 7.36. The van der Waals surface area contributed by atoms with Crippen molar-refractivity contribution < 1.29 is 14.3 Å². The average Bonchev–Trinajstić information content (AvgIpc) is 3.10. The molecule has 0 unspecified atom stereocenters. The molecule has 1 N–H and O–H groups in total. The van der Waals surface area contributed by atoms with Gasteiger partial charge in [0.25, 0.3) is 0 Å². The van der Waals surface area contributed by atoms with Crippen LogP contribution in [0.25, 0.3) is 10.9 Å². The molecule has 0 saturated carbocycles. The number of aromatic nitrogens is 1. The van der Waals surface area contributed by atoms with Crippen molar-refractivity contribution in [2.75, 3.05) is 6.61 Å². The van der Waals surface area contributed by atoms with Crippen LogP contribution in [0.4, 0.5) is 0 Å². The highest BCUT2D eigenvalue weighted by Crippen LogP contribution is 2.22. The Morgan fingerprint density at radius 2 is 2.00 bits per heavy atom. The molecule has 0 bridgehead atoms. The maximum absolute atomic E-state index is 12.3. The van der Waals surface area contributed by atoms with Crippen LogP contribution in [-0.2, 0) is 4.74 Å². The van der Waals surface area contributed by atoms with Crippen molar-refractivity contribution in [3.63, 3.8) is 0 Å². The number of Topliss-reactive ketones (excluding diaryl/α,β-unsaturated/α-hetero) is 1. The van der Waals surface area contributed by atoms with Gasteiger partial charge in [-0.15, -0.1) is 11.3 Å². The lowest BCUT2D eigenvalue weighted by Gasteiger charge is -2.03. The molecule has 106 valence electrons. The van der Waals surface area contributed by atoms with Crippen LogP contribution < -0.4 is 0 Å². The van der Waals surface area contributed by atoms with E-state index in [2.05, 4.69) is 4.98 Å². The summed E-state index contributed by atoms with van der Waals surface area (Å²) < 4.78 is 5.08. The second-order valence-corrected chi connectivity index (χ2v) is 5.59. The molecule has 3 aromatic rings. The Labute approximate surface area is 125 Å². The summed E-state index contributed by atoms with van der Waals surface area (Å²) in [5.74, 6) is -0.661. The zero-order valence-electron chi connectivity index (χ0n) is 11.4. The monoisotopic (exact) mass is 299 g/mol. The molecular weight excluding hydrogens is 286 g/mol. The molecule has 0 radical (unpaired) electrons. The van der Waals surface area contributed by atoms with E-state index in [0.717, 1.165) is 16.6 Å². The summed E-state index contributed by atoms with van der Waals surface area (Å²) in [6, 6.07) is 11.0. The van der Waals surface area contributed by atoms with Gasteiger partial charge in [-0.05, 0) is 24.4 Å². The number of ketones is 1. The highest BCUT2D eigenvalue weighted by molar-refractivity contribution is 7.11. The van der Waals surface area contributed by atoms with Gasteiger partial charge in [-0.1, -0.05) is 24.3 Å². The van der Waals surface area contributed by atoms with Crippen molar-refractivity contribution in [1.29, 1.82) is 0 Å². The molecule has 2 heterocycles. The number of hydrogen-bond donors (Lipinski definition) is 1. The maximum atomic E-state index is 12.3. The molecule has 2 aromatic heterocycles. The van der Waals surface area contributed by atoms with E-state index >= 15 is 0 Å². The second-order valence-electron chi connectivity index (χ2n) is 4.65. The predicted molar refractivity (Wildman–Crippen MR) is 82.0 cm³/mol. The summed E-state index contributed by atoms with van der Waals surface area (Å²) >= 11 is 1.29. The van der Waals surface area contributed by atoms with Crippen molar-refractivity contribution in [3.05, 3.63) is 57.9 Å². The lowest BCUT2D eigenvalue weighted by molar-refractivity contribution is 0.0480. The number of aromatic amines is 1. The Bertz CT molecular complexity index is 802. The molecule has 0 fully saturated rings. The van der Waals surface area contributed by atoms with E-state index in [9.17, 15) is 9.59 Å². The van der Waals surface area contributed by atoms with E-state index in [1.165, 1.54) is 11.3 Å². The second kappa shape index (κ2) is 5.54. The lowest BCUT2D eigenvalue weighted by atomic mass is 10.1. The van der Waals surface area contributed by atoms with E-state index < -0.39 is 5.97 Å². The van der Waals surface area contributed by atoms with Crippen LogP contribution >= 0.6 is 11.3 Å². The summed E-state index contributed by atoms with van der Waals surface area (Å²) in [5.41, 5.74) is 2.28. The Morgan fingerprint density at radius 1 is 1.19 bits per heavy atom. The number of benzene rings is 1. The minimum atomic E-state index is -0.462. The highest BCUT2D eigenvalue weighted by atomic mass is 32.1. The number of esters is 1. The topological polar surface area (TPSA) is 59.2 Å². The third-order valence-corrected chi connectivity index (χ3v) is 4.08. The summed E-state index contributed by atoms with van der Waals surface area (Å²) in [7, 11) is 0. The van der Waals surface area contributed by atoms with E-state index in [1.807, 2.05) is 31.2 Å². The number of para-hydroxylation sites is 1. The molecule has 4 nitrogen and oxygen atoms in total. The largest absolute Gasteiger partial charge is 0.453 e. The van der Waals surface area contributed by atoms with Crippen molar-refractivity contribution in [3.8, 4) is 0 Å². The Morgan fingerprint density at radius 3 is 2.76 bits per heavy atom. The van der Waals surface area contributed by atoms with E-state index in [-0.39, 0.29) is 12.4 Å². The van der Waals surface area contributed by atoms with Crippen LogP contribution in [0.15, 0.2) is 41.8 Å². The molecule has 0 saturated heterocycles. The summed E-state index contributed by atoms with van der Waals surface area (Å²) in [6.45, 7) is 1.59. The fraction of sp³-hybridized carbons (Fsp3) is 0.125. The molecule has 0 atom stereocenters. The van der Waals surface area contributed by atoms with Gasteiger partial charge in [-0.2, -0.15) is 0 Å². The maximum Gasteiger partial charge on any atom is 0.348 e. The highest BCUT2D eigenvalue weighted by Gasteiger charge is 2.18. The van der Waals surface area contributed by atoms with Crippen LogP contribution in [0.2, 0.25) is 0 Å². The van der Waals surface area contributed by atoms with Crippen LogP contribution in [0, 0.1) is 6.92 Å². The summed E-state index contributed by atoms with van der Waals surface area (Å²) in [6.07, 6.45) is 0. The van der Waals surface area contributed by atoms with Gasteiger partial charge in [0, 0.05) is 22.2 Å². The van der Waals surface area contributed by atoms with Gasteiger partial charge in [0.1, 0.15) is 4.88 Å². The molecule has 0 aliphatic carbocycles. The number of nitrogens with one attached hydrogen (secondary N) is 1. The molecule has 1 aromatic carbocycles. The Hall–Kier alpha value is -2.40. The van der Waals surface area contributed by atoms with E-state index in [4.69, 9.17) is 4.74 Å². The number of thiophene rings is 1. The van der Waals surface area contributed by atoms with Crippen molar-refractivity contribution >= 4 is 34.0 Å². The number of rotatable bonds is 4. The Kier molecular flexibility index (Phi) is 3.58. The van der Waals surface area contributed by atoms with Gasteiger partial charge in [-0.3, -0.25) is 4.79 Å². The van der Waals surface area contributed by atoms with Gasteiger partial charge in [0.2, 0.25) is 5.78 Å². The number of carbonyl (C=O) groups is 2.